The maximum atomic E-state index is 11.5. The predicted octanol–water partition coefficient (Wildman–Crippen LogP) is 4.00. The van der Waals surface area contributed by atoms with Gasteiger partial charge in [-0.1, -0.05) is 12.8 Å². The summed E-state index contributed by atoms with van der Waals surface area (Å²) in [4.78, 5) is 11.5. The van der Waals surface area contributed by atoms with E-state index in [1.165, 1.54) is 25.7 Å². The lowest BCUT2D eigenvalue weighted by Gasteiger charge is -2.34. The summed E-state index contributed by atoms with van der Waals surface area (Å²) < 4.78 is 11.6. The smallest absolute Gasteiger partial charge is 0.339 e. The fraction of sp³-hybridized carbons (Fsp3) is 0.389. The van der Waals surface area contributed by atoms with Gasteiger partial charge in [-0.15, -0.1) is 0 Å². The number of aromatic hydroxyl groups is 1. The average Bonchev–Trinajstić information content (AvgIpc) is 2.72. The van der Waals surface area contributed by atoms with Gasteiger partial charge in [-0.25, -0.2) is 4.79 Å². The van der Waals surface area contributed by atoms with E-state index in [-0.39, 0.29) is 11.4 Å². The molecule has 1 N–H and O–H groups in total. The van der Waals surface area contributed by atoms with Gasteiger partial charge in [-0.05, 0) is 50.0 Å². The van der Waals surface area contributed by atoms with Crippen LogP contribution in [0.15, 0.2) is 33.5 Å². The number of ether oxygens (including phenoxy) is 1. The SMILES string of the molecule is O=c1cc(O)c2ccc3c(c2o1)C=CC1(CCCCCC1)O3. The molecule has 4 rings (SSSR count). The Kier molecular flexibility index (Phi) is 2.99. The van der Waals surface area contributed by atoms with E-state index in [1.807, 2.05) is 12.1 Å². The van der Waals surface area contributed by atoms with Gasteiger partial charge in [0.25, 0.3) is 0 Å². The molecule has 1 aliphatic carbocycles. The van der Waals surface area contributed by atoms with Crippen LogP contribution in [0.5, 0.6) is 11.5 Å². The lowest BCUT2D eigenvalue weighted by Crippen LogP contribution is -2.34. The van der Waals surface area contributed by atoms with Crippen molar-refractivity contribution in [2.24, 2.45) is 0 Å². The number of benzene rings is 1. The Bertz CT molecular complexity index is 808. The van der Waals surface area contributed by atoms with Crippen molar-refractivity contribution in [1.82, 2.24) is 0 Å². The summed E-state index contributed by atoms with van der Waals surface area (Å²) in [6.07, 6.45) is 11.0. The van der Waals surface area contributed by atoms with Crippen molar-refractivity contribution in [3.05, 3.63) is 40.3 Å². The first kappa shape index (κ1) is 13.4. The summed E-state index contributed by atoms with van der Waals surface area (Å²) in [5.74, 6) is 0.669. The standard InChI is InChI=1S/C18H18O4/c19-14-11-16(20)21-17-12(14)5-6-15-13(17)7-10-18(22-15)8-3-1-2-4-9-18/h5-7,10-11,19H,1-4,8-9H2. The highest BCUT2D eigenvalue weighted by molar-refractivity contribution is 5.92. The molecular formula is C18H18O4. The monoisotopic (exact) mass is 298 g/mol. The number of fused-ring (bicyclic) bond motifs is 3. The summed E-state index contributed by atoms with van der Waals surface area (Å²) in [6, 6.07) is 4.69. The average molecular weight is 298 g/mol. The molecule has 0 radical (unpaired) electrons. The molecule has 0 atom stereocenters. The lowest BCUT2D eigenvalue weighted by molar-refractivity contribution is 0.100. The van der Waals surface area contributed by atoms with E-state index in [9.17, 15) is 9.90 Å². The van der Waals surface area contributed by atoms with Crippen LogP contribution < -0.4 is 10.4 Å². The Balaban J connectivity index is 1.85. The Hall–Kier alpha value is -2.23. The largest absolute Gasteiger partial charge is 0.507 e. The van der Waals surface area contributed by atoms with Gasteiger partial charge < -0.3 is 14.3 Å². The van der Waals surface area contributed by atoms with Crippen molar-refractivity contribution >= 4 is 17.0 Å². The predicted molar refractivity (Wildman–Crippen MR) is 84.2 cm³/mol. The molecule has 0 bridgehead atoms. The molecule has 22 heavy (non-hydrogen) atoms. The quantitative estimate of drug-likeness (QED) is 0.747. The van der Waals surface area contributed by atoms with Crippen LogP contribution >= 0.6 is 0 Å². The Morgan fingerprint density at radius 1 is 1.09 bits per heavy atom. The number of rotatable bonds is 0. The van der Waals surface area contributed by atoms with E-state index >= 15 is 0 Å². The van der Waals surface area contributed by atoms with Crippen LogP contribution in [0, 0.1) is 0 Å². The molecule has 2 heterocycles. The highest BCUT2D eigenvalue weighted by Crippen LogP contribution is 2.42. The van der Waals surface area contributed by atoms with Crippen LogP contribution in [0.1, 0.15) is 44.1 Å². The van der Waals surface area contributed by atoms with Crippen LogP contribution in [0.2, 0.25) is 0 Å². The molecule has 1 saturated carbocycles. The van der Waals surface area contributed by atoms with E-state index in [1.54, 1.807) is 6.07 Å². The fourth-order valence-electron chi connectivity index (χ4n) is 3.54. The molecule has 1 spiro atoms. The third-order valence-corrected chi connectivity index (χ3v) is 4.71. The van der Waals surface area contributed by atoms with Crippen LogP contribution in [0.4, 0.5) is 0 Å². The van der Waals surface area contributed by atoms with E-state index in [0.717, 1.165) is 30.2 Å². The van der Waals surface area contributed by atoms with Crippen LogP contribution in [0.3, 0.4) is 0 Å². The summed E-state index contributed by atoms with van der Waals surface area (Å²) in [6.45, 7) is 0. The normalized spacial score (nSPS) is 19.6. The van der Waals surface area contributed by atoms with Gasteiger partial charge >= 0.3 is 5.63 Å². The zero-order valence-electron chi connectivity index (χ0n) is 12.3. The first-order valence-electron chi connectivity index (χ1n) is 7.85. The summed E-state index contributed by atoms with van der Waals surface area (Å²) in [5, 5.41) is 10.4. The highest BCUT2D eigenvalue weighted by Gasteiger charge is 2.34. The third-order valence-electron chi connectivity index (χ3n) is 4.71. The minimum absolute atomic E-state index is 0.0581. The minimum atomic E-state index is -0.554. The van der Waals surface area contributed by atoms with E-state index in [0.29, 0.717) is 11.0 Å². The second-order valence-corrected chi connectivity index (χ2v) is 6.22. The molecule has 1 fully saturated rings. The second-order valence-electron chi connectivity index (χ2n) is 6.22. The van der Waals surface area contributed by atoms with Gasteiger partial charge in [0.05, 0.1) is 17.0 Å². The number of hydrogen-bond donors (Lipinski definition) is 1. The zero-order chi connectivity index (χ0) is 15.2. The molecule has 1 aromatic heterocycles. The maximum Gasteiger partial charge on any atom is 0.339 e. The molecule has 0 unspecified atom stereocenters. The lowest BCUT2D eigenvalue weighted by atomic mass is 9.90. The Morgan fingerprint density at radius 3 is 2.64 bits per heavy atom. The first-order chi connectivity index (χ1) is 10.7. The van der Waals surface area contributed by atoms with Crippen molar-refractivity contribution in [3.8, 4) is 11.5 Å². The molecule has 0 amide bonds. The van der Waals surface area contributed by atoms with Crippen LogP contribution in [-0.4, -0.2) is 10.7 Å². The molecule has 1 aromatic carbocycles. The molecule has 4 heteroatoms. The van der Waals surface area contributed by atoms with Crippen molar-refractivity contribution in [2.75, 3.05) is 0 Å². The molecule has 2 aliphatic rings. The molecule has 4 nitrogen and oxygen atoms in total. The second kappa shape index (κ2) is 4.90. The molecule has 114 valence electrons. The highest BCUT2D eigenvalue weighted by atomic mass is 16.5. The zero-order valence-corrected chi connectivity index (χ0v) is 12.3. The topological polar surface area (TPSA) is 59.7 Å². The molecule has 1 aliphatic heterocycles. The van der Waals surface area contributed by atoms with Gasteiger partial charge in [0.1, 0.15) is 17.1 Å². The van der Waals surface area contributed by atoms with Gasteiger partial charge in [-0.2, -0.15) is 0 Å². The van der Waals surface area contributed by atoms with Gasteiger partial charge in [0.2, 0.25) is 0 Å². The first-order valence-corrected chi connectivity index (χ1v) is 7.85. The van der Waals surface area contributed by atoms with Crippen molar-refractivity contribution in [2.45, 2.75) is 44.1 Å². The molecule has 0 saturated heterocycles. The van der Waals surface area contributed by atoms with Crippen molar-refractivity contribution in [1.29, 1.82) is 0 Å². The Morgan fingerprint density at radius 2 is 1.86 bits per heavy atom. The molecular weight excluding hydrogens is 280 g/mol. The van der Waals surface area contributed by atoms with Gasteiger partial charge in [-0.3, -0.25) is 0 Å². The van der Waals surface area contributed by atoms with Gasteiger partial charge in [0.15, 0.2) is 5.58 Å². The maximum absolute atomic E-state index is 11.5. The van der Waals surface area contributed by atoms with Crippen LogP contribution in [-0.2, 0) is 0 Å². The van der Waals surface area contributed by atoms with E-state index < -0.39 is 5.63 Å². The van der Waals surface area contributed by atoms with E-state index in [4.69, 9.17) is 9.15 Å². The third kappa shape index (κ3) is 2.10. The summed E-state index contributed by atoms with van der Waals surface area (Å²) in [7, 11) is 0. The van der Waals surface area contributed by atoms with E-state index in [2.05, 4.69) is 6.08 Å². The summed E-state index contributed by atoms with van der Waals surface area (Å²) >= 11 is 0. The van der Waals surface area contributed by atoms with Crippen LogP contribution in [0.25, 0.3) is 17.0 Å². The van der Waals surface area contributed by atoms with Crippen molar-refractivity contribution in [3.63, 3.8) is 0 Å². The number of hydrogen-bond acceptors (Lipinski definition) is 4. The van der Waals surface area contributed by atoms with Crippen molar-refractivity contribution < 1.29 is 14.3 Å². The fourth-order valence-corrected chi connectivity index (χ4v) is 3.54. The van der Waals surface area contributed by atoms with Gasteiger partial charge in [0, 0.05) is 0 Å². The summed E-state index contributed by atoms with van der Waals surface area (Å²) in [5.41, 5.74) is 0.345. The minimum Gasteiger partial charge on any atom is -0.507 e. The Labute approximate surface area is 128 Å². The molecule has 2 aromatic rings.